The van der Waals surface area contributed by atoms with Crippen molar-refractivity contribution in [1.29, 1.82) is 0 Å². The predicted molar refractivity (Wildman–Crippen MR) is 67.0 cm³/mol. The van der Waals surface area contributed by atoms with Crippen LogP contribution in [0.1, 0.15) is 56.1 Å². The molecule has 15 heavy (non-hydrogen) atoms. The van der Waals surface area contributed by atoms with Crippen LogP contribution in [-0.2, 0) is 0 Å². The quantitative estimate of drug-likeness (QED) is 0.645. The molecule has 80 valence electrons. The van der Waals surface area contributed by atoms with Crippen molar-refractivity contribution >= 4 is 5.57 Å². The third kappa shape index (κ3) is 2.50. The third-order valence-electron chi connectivity index (χ3n) is 3.46. The maximum atomic E-state index is 4.01. The minimum absolute atomic E-state index is 0.804. The van der Waals surface area contributed by atoms with Crippen LogP contribution in [0, 0.1) is 0 Å². The number of allylic oxidation sites excluding steroid dienone is 1. The fourth-order valence-corrected chi connectivity index (χ4v) is 2.49. The molecule has 0 saturated heterocycles. The largest absolute Gasteiger partial charge is 0.0955 e. The Hall–Kier alpha value is -1.04. The van der Waals surface area contributed by atoms with Crippen LogP contribution >= 0.6 is 0 Å². The topological polar surface area (TPSA) is 0 Å². The highest BCUT2D eigenvalue weighted by atomic mass is 14.2. The van der Waals surface area contributed by atoms with Crippen molar-refractivity contribution in [2.24, 2.45) is 0 Å². The van der Waals surface area contributed by atoms with Crippen molar-refractivity contribution in [3.05, 3.63) is 42.0 Å². The van der Waals surface area contributed by atoms with Gasteiger partial charge in [-0.1, -0.05) is 55.7 Å². The minimum atomic E-state index is 0.804. The molecule has 1 saturated carbocycles. The highest BCUT2D eigenvalue weighted by Crippen LogP contribution is 2.33. The monoisotopic (exact) mass is 200 g/mol. The molecule has 1 aliphatic carbocycles. The first-order chi connectivity index (χ1) is 7.27. The van der Waals surface area contributed by atoms with Gasteiger partial charge in [0, 0.05) is 0 Å². The van der Waals surface area contributed by atoms with Gasteiger partial charge >= 0.3 is 0 Å². The molecular weight excluding hydrogens is 180 g/mol. The second-order valence-electron chi connectivity index (χ2n) is 4.74. The van der Waals surface area contributed by atoms with E-state index in [-0.39, 0.29) is 0 Å². The van der Waals surface area contributed by atoms with Crippen LogP contribution in [0.2, 0.25) is 0 Å². The zero-order chi connectivity index (χ0) is 10.7. The average molecular weight is 200 g/mol. The summed E-state index contributed by atoms with van der Waals surface area (Å²) in [7, 11) is 0. The Kier molecular flexibility index (Phi) is 3.25. The van der Waals surface area contributed by atoms with E-state index in [1.54, 1.807) is 0 Å². The predicted octanol–water partition coefficient (Wildman–Crippen LogP) is 4.77. The van der Waals surface area contributed by atoms with Crippen LogP contribution in [0.4, 0.5) is 0 Å². The van der Waals surface area contributed by atoms with E-state index in [0.717, 1.165) is 5.92 Å². The standard InChI is InChI=1S/C15H20/c1-12(2)14-9-6-10-15(11-14)13-7-4-3-5-8-13/h6,9-11,13H,1,3-5,7-8H2,2H3. The second kappa shape index (κ2) is 4.65. The number of hydrogen-bond donors (Lipinski definition) is 0. The minimum Gasteiger partial charge on any atom is -0.0955 e. The average Bonchev–Trinajstić information content (AvgIpc) is 2.30. The molecule has 0 nitrogen and oxygen atoms in total. The lowest BCUT2D eigenvalue weighted by atomic mass is 9.83. The van der Waals surface area contributed by atoms with Crippen LogP contribution in [0.15, 0.2) is 30.8 Å². The molecule has 0 unspecified atom stereocenters. The summed E-state index contributed by atoms with van der Waals surface area (Å²) in [5.41, 5.74) is 4.00. The van der Waals surface area contributed by atoms with Crippen LogP contribution in [0.3, 0.4) is 0 Å². The number of hydrogen-bond acceptors (Lipinski definition) is 0. The fourth-order valence-electron chi connectivity index (χ4n) is 2.49. The van der Waals surface area contributed by atoms with Gasteiger partial charge in [-0.2, -0.15) is 0 Å². The SMILES string of the molecule is C=C(C)c1cccc(C2CCCCC2)c1. The Balaban J connectivity index is 2.19. The van der Waals surface area contributed by atoms with Gasteiger partial charge < -0.3 is 0 Å². The summed E-state index contributed by atoms with van der Waals surface area (Å²) in [6.45, 7) is 6.09. The second-order valence-corrected chi connectivity index (χ2v) is 4.74. The summed E-state index contributed by atoms with van der Waals surface area (Å²) in [5, 5.41) is 0. The Morgan fingerprint density at radius 1 is 1.20 bits per heavy atom. The van der Waals surface area contributed by atoms with Gasteiger partial charge in [0.25, 0.3) is 0 Å². The summed E-state index contributed by atoms with van der Waals surface area (Å²) in [4.78, 5) is 0. The van der Waals surface area contributed by atoms with Crippen molar-refractivity contribution < 1.29 is 0 Å². The Morgan fingerprint density at radius 2 is 1.93 bits per heavy atom. The molecule has 0 amide bonds. The van der Waals surface area contributed by atoms with Gasteiger partial charge in [0.2, 0.25) is 0 Å². The number of rotatable bonds is 2. The molecule has 1 aliphatic rings. The van der Waals surface area contributed by atoms with Crippen LogP contribution < -0.4 is 0 Å². The van der Waals surface area contributed by atoms with Gasteiger partial charge in [-0.25, -0.2) is 0 Å². The maximum Gasteiger partial charge on any atom is -0.0162 e. The van der Waals surface area contributed by atoms with Gasteiger partial charge in [0.15, 0.2) is 0 Å². The fraction of sp³-hybridized carbons (Fsp3) is 0.467. The van der Waals surface area contributed by atoms with E-state index < -0.39 is 0 Å². The Morgan fingerprint density at radius 3 is 2.60 bits per heavy atom. The molecule has 0 N–H and O–H groups in total. The van der Waals surface area contributed by atoms with Crippen LogP contribution in [-0.4, -0.2) is 0 Å². The summed E-state index contributed by atoms with van der Waals surface area (Å²) in [5.74, 6) is 0.804. The van der Waals surface area contributed by atoms with Gasteiger partial charge in [0.1, 0.15) is 0 Å². The van der Waals surface area contributed by atoms with E-state index in [2.05, 4.69) is 37.8 Å². The summed E-state index contributed by atoms with van der Waals surface area (Å²) in [6.07, 6.45) is 6.99. The zero-order valence-electron chi connectivity index (χ0n) is 9.63. The lowest BCUT2D eigenvalue weighted by molar-refractivity contribution is 0.443. The van der Waals surface area contributed by atoms with E-state index >= 15 is 0 Å². The third-order valence-corrected chi connectivity index (χ3v) is 3.46. The molecule has 2 rings (SSSR count). The first kappa shape index (κ1) is 10.5. The van der Waals surface area contributed by atoms with Gasteiger partial charge in [-0.15, -0.1) is 0 Å². The first-order valence-electron chi connectivity index (χ1n) is 6.03. The van der Waals surface area contributed by atoms with Gasteiger partial charge in [-0.3, -0.25) is 0 Å². The molecule has 0 aliphatic heterocycles. The lowest BCUT2D eigenvalue weighted by Gasteiger charge is -2.22. The van der Waals surface area contributed by atoms with E-state index in [0.29, 0.717) is 0 Å². The van der Waals surface area contributed by atoms with Crippen molar-refractivity contribution in [2.45, 2.75) is 44.9 Å². The molecule has 0 heteroatoms. The lowest BCUT2D eigenvalue weighted by Crippen LogP contribution is -2.04. The van der Waals surface area contributed by atoms with Crippen molar-refractivity contribution in [1.82, 2.24) is 0 Å². The first-order valence-corrected chi connectivity index (χ1v) is 6.03. The molecule has 1 aromatic carbocycles. The molecule has 0 aromatic heterocycles. The van der Waals surface area contributed by atoms with Crippen LogP contribution in [0.5, 0.6) is 0 Å². The molecular formula is C15H20. The van der Waals surface area contributed by atoms with Crippen molar-refractivity contribution in [3.8, 4) is 0 Å². The van der Waals surface area contributed by atoms with Crippen molar-refractivity contribution in [3.63, 3.8) is 0 Å². The summed E-state index contributed by atoms with van der Waals surface area (Å²) in [6, 6.07) is 8.95. The van der Waals surface area contributed by atoms with Gasteiger partial charge in [0.05, 0.1) is 0 Å². The normalized spacial score (nSPS) is 17.7. The highest BCUT2D eigenvalue weighted by Gasteiger charge is 2.15. The molecule has 1 aromatic rings. The summed E-state index contributed by atoms with van der Waals surface area (Å²) >= 11 is 0. The van der Waals surface area contributed by atoms with E-state index in [1.165, 1.54) is 48.8 Å². The summed E-state index contributed by atoms with van der Waals surface area (Å²) < 4.78 is 0. The Bertz CT molecular complexity index is 343. The zero-order valence-corrected chi connectivity index (χ0v) is 9.63. The molecule has 1 fully saturated rings. The molecule has 0 spiro atoms. The molecule has 0 bridgehead atoms. The Labute approximate surface area is 93.0 Å². The number of benzene rings is 1. The maximum absolute atomic E-state index is 4.01. The van der Waals surface area contributed by atoms with Crippen LogP contribution in [0.25, 0.3) is 5.57 Å². The smallest absolute Gasteiger partial charge is 0.0162 e. The molecule has 0 radical (unpaired) electrons. The van der Waals surface area contributed by atoms with Crippen molar-refractivity contribution in [2.75, 3.05) is 0 Å². The molecule has 0 atom stereocenters. The van der Waals surface area contributed by atoms with E-state index in [9.17, 15) is 0 Å². The van der Waals surface area contributed by atoms with Gasteiger partial charge in [-0.05, 0) is 36.8 Å². The molecule has 0 heterocycles. The van der Waals surface area contributed by atoms with E-state index in [4.69, 9.17) is 0 Å². The highest BCUT2D eigenvalue weighted by molar-refractivity contribution is 5.61. The van der Waals surface area contributed by atoms with E-state index in [1.807, 2.05) is 0 Å².